The first-order chi connectivity index (χ1) is 9.33. The van der Waals surface area contributed by atoms with E-state index in [1.54, 1.807) is 0 Å². The molecule has 0 saturated carbocycles. The molecule has 2 unspecified atom stereocenters. The molecule has 1 fully saturated rings. The average Bonchev–Trinajstić information content (AvgIpc) is 2.48. The maximum Gasteiger partial charge on any atom is 0.122 e. The Bertz CT molecular complexity index is 415. The highest BCUT2D eigenvalue weighted by molar-refractivity contribution is 5.35. The SMILES string of the molecule is NC(CC1CCOCC1)C1COc2ccccc2C1. The molecule has 0 bridgehead atoms. The van der Waals surface area contributed by atoms with Crippen molar-refractivity contribution in [3.05, 3.63) is 29.8 Å². The van der Waals surface area contributed by atoms with Crippen molar-refractivity contribution in [1.29, 1.82) is 0 Å². The van der Waals surface area contributed by atoms with E-state index in [-0.39, 0.29) is 6.04 Å². The maximum absolute atomic E-state index is 6.42. The maximum atomic E-state index is 6.42. The Hall–Kier alpha value is -1.06. The van der Waals surface area contributed by atoms with Crippen LogP contribution in [0.1, 0.15) is 24.8 Å². The molecule has 2 heterocycles. The van der Waals surface area contributed by atoms with Gasteiger partial charge in [-0.2, -0.15) is 0 Å². The smallest absolute Gasteiger partial charge is 0.122 e. The van der Waals surface area contributed by atoms with E-state index in [9.17, 15) is 0 Å². The zero-order valence-corrected chi connectivity index (χ0v) is 11.4. The van der Waals surface area contributed by atoms with Crippen LogP contribution >= 0.6 is 0 Å². The van der Waals surface area contributed by atoms with E-state index in [1.807, 2.05) is 6.07 Å². The number of hydrogen-bond donors (Lipinski definition) is 1. The average molecular weight is 261 g/mol. The Morgan fingerprint density at radius 1 is 1.21 bits per heavy atom. The largest absolute Gasteiger partial charge is 0.493 e. The van der Waals surface area contributed by atoms with Gasteiger partial charge < -0.3 is 15.2 Å². The standard InChI is InChI=1S/C16H23NO2/c17-15(9-12-5-7-18-8-6-12)14-10-13-3-1-2-4-16(13)19-11-14/h1-4,12,14-15H,5-11,17H2. The fraction of sp³-hybridized carbons (Fsp3) is 0.625. The molecular weight excluding hydrogens is 238 g/mol. The molecule has 3 nitrogen and oxygen atoms in total. The van der Waals surface area contributed by atoms with E-state index in [2.05, 4.69) is 18.2 Å². The van der Waals surface area contributed by atoms with Gasteiger partial charge in [0.2, 0.25) is 0 Å². The van der Waals surface area contributed by atoms with Crippen LogP contribution < -0.4 is 10.5 Å². The van der Waals surface area contributed by atoms with Gasteiger partial charge in [-0.1, -0.05) is 18.2 Å². The molecule has 3 heteroatoms. The summed E-state index contributed by atoms with van der Waals surface area (Å²) < 4.78 is 11.2. The minimum Gasteiger partial charge on any atom is -0.493 e. The summed E-state index contributed by atoms with van der Waals surface area (Å²) in [5, 5.41) is 0. The number of para-hydroxylation sites is 1. The van der Waals surface area contributed by atoms with Gasteiger partial charge >= 0.3 is 0 Å². The molecule has 1 saturated heterocycles. The molecule has 0 radical (unpaired) electrons. The van der Waals surface area contributed by atoms with Crippen LogP contribution in [0, 0.1) is 11.8 Å². The molecule has 1 aromatic carbocycles. The molecule has 1 aromatic rings. The highest BCUT2D eigenvalue weighted by Crippen LogP contribution is 2.30. The van der Waals surface area contributed by atoms with Crippen LogP contribution in [0.5, 0.6) is 5.75 Å². The molecular formula is C16H23NO2. The second kappa shape index (κ2) is 5.93. The lowest BCUT2D eigenvalue weighted by Crippen LogP contribution is -2.39. The first-order valence-electron chi connectivity index (χ1n) is 7.37. The van der Waals surface area contributed by atoms with E-state index in [4.69, 9.17) is 15.2 Å². The van der Waals surface area contributed by atoms with E-state index < -0.39 is 0 Å². The van der Waals surface area contributed by atoms with Gasteiger partial charge in [0, 0.05) is 25.2 Å². The molecule has 0 aliphatic carbocycles. The summed E-state index contributed by atoms with van der Waals surface area (Å²) in [6, 6.07) is 8.56. The summed E-state index contributed by atoms with van der Waals surface area (Å²) in [6.45, 7) is 2.57. The second-order valence-corrected chi connectivity index (χ2v) is 5.84. The summed E-state index contributed by atoms with van der Waals surface area (Å²) in [5.74, 6) is 2.23. The Balaban J connectivity index is 1.58. The number of hydrogen-bond acceptors (Lipinski definition) is 3. The molecule has 0 aromatic heterocycles. The third-order valence-corrected chi connectivity index (χ3v) is 4.46. The van der Waals surface area contributed by atoms with Gasteiger partial charge in [0.25, 0.3) is 0 Å². The first kappa shape index (κ1) is 12.9. The van der Waals surface area contributed by atoms with Crippen molar-refractivity contribution in [3.8, 4) is 5.75 Å². The number of nitrogens with two attached hydrogens (primary N) is 1. The lowest BCUT2D eigenvalue weighted by atomic mass is 9.83. The van der Waals surface area contributed by atoms with E-state index in [1.165, 1.54) is 5.56 Å². The lowest BCUT2D eigenvalue weighted by molar-refractivity contribution is 0.0576. The van der Waals surface area contributed by atoms with Crippen LogP contribution in [0.25, 0.3) is 0 Å². The zero-order chi connectivity index (χ0) is 13.1. The van der Waals surface area contributed by atoms with E-state index in [0.29, 0.717) is 5.92 Å². The third-order valence-electron chi connectivity index (χ3n) is 4.46. The fourth-order valence-corrected chi connectivity index (χ4v) is 3.19. The molecule has 0 spiro atoms. The quantitative estimate of drug-likeness (QED) is 0.908. The van der Waals surface area contributed by atoms with Crippen LogP contribution in [0.15, 0.2) is 24.3 Å². The second-order valence-electron chi connectivity index (χ2n) is 5.84. The lowest BCUT2D eigenvalue weighted by Gasteiger charge is -2.32. The predicted molar refractivity (Wildman–Crippen MR) is 75.3 cm³/mol. The minimum atomic E-state index is 0.247. The molecule has 2 aliphatic heterocycles. The van der Waals surface area contributed by atoms with Crippen LogP contribution in [0.2, 0.25) is 0 Å². The van der Waals surface area contributed by atoms with Crippen molar-refractivity contribution in [2.24, 2.45) is 17.6 Å². The molecule has 2 atom stereocenters. The number of rotatable bonds is 3. The van der Waals surface area contributed by atoms with Gasteiger partial charge in [-0.05, 0) is 43.2 Å². The third kappa shape index (κ3) is 3.10. The molecule has 19 heavy (non-hydrogen) atoms. The first-order valence-corrected chi connectivity index (χ1v) is 7.37. The van der Waals surface area contributed by atoms with Gasteiger partial charge in [-0.3, -0.25) is 0 Å². The summed E-state index contributed by atoms with van der Waals surface area (Å²) in [4.78, 5) is 0. The Morgan fingerprint density at radius 3 is 2.84 bits per heavy atom. The monoisotopic (exact) mass is 261 g/mol. The Morgan fingerprint density at radius 2 is 2.00 bits per heavy atom. The van der Waals surface area contributed by atoms with Gasteiger partial charge in [0.15, 0.2) is 0 Å². The number of ether oxygens (including phenoxy) is 2. The van der Waals surface area contributed by atoms with E-state index >= 15 is 0 Å². The summed E-state index contributed by atoms with van der Waals surface area (Å²) in [7, 11) is 0. The number of fused-ring (bicyclic) bond motifs is 1. The van der Waals surface area contributed by atoms with E-state index in [0.717, 1.165) is 57.2 Å². The van der Waals surface area contributed by atoms with Gasteiger partial charge in [-0.15, -0.1) is 0 Å². The van der Waals surface area contributed by atoms with Gasteiger partial charge in [0.05, 0.1) is 6.61 Å². The van der Waals surface area contributed by atoms with Crippen molar-refractivity contribution in [2.75, 3.05) is 19.8 Å². The fourth-order valence-electron chi connectivity index (χ4n) is 3.19. The van der Waals surface area contributed by atoms with Crippen LogP contribution in [-0.2, 0) is 11.2 Å². The highest BCUT2D eigenvalue weighted by Gasteiger charge is 2.27. The summed E-state index contributed by atoms with van der Waals surface area (Å²) in [6.07, 6.45) is 4.50. The van der Waals surface area contributed by atoms with Crippen LogP contribution in [0.3, 0.4) is 0 Å². The Labute approximate surface area is 115 Å². The van der Waals surface area contributed by atoms with Crippen molar-refractivity contribution in [1.82, 2.24) is 0 Å². The molecule has 104 valence electrons. The summed E-state index contributed by atoms with van der Waals surface area (Å²) >= 11 is 0. The molecule has 3 rings (SSSR count). The highest BCUT2D eigenvalue weighted by atomic mass is 16.5. The predicted octanol–water partition coefficient (Wildman–Crippen LogP) is 2.38. The zero-order valence-electron chi connectivity index (χ0n) is 11.4. The molecule has 2 N–H and O–H groups in total. The van der Waals surface area contributed by atoms with Gasteiger partial charge in [-0.25, -0.2) is 0 Å². The topological polar surface area (TPSA) is 44.5 Å². The summed E-state index contributed by atoms with van der Waals surface area (Å²) in [5.41, 5.74) is 7.72. The van der Waals surface area contributed by atoms with Crippen molar-refractivity contribution in [3.63, 3.8) is 0 Å². The normalized spacial score (nSPS) is 25.4. The minimum absolute atomic E-state index is 0.247. The van der Waals surface area contributed by atoms with Crippen LogP contribution in [0.4, 0.5) is 0 Å². The van der Waals surface area contributed by atoms with Crippen molar-refractivity contribution in [2.45, 2.75) is 31.7 Å². The van der Waals surface area contributed by atoms with Crippen molar-refractivity contribution >= 4 is 0 Å². The molecule has 2 aliphatic rings. The molecule has 0 amide bonds. The van der Waals surface area contributed by atoms with Gasteiger partial charge in [0.1, 0.15) is 5.75 Å². The Kier molecular flexibility index (Phi) is 4.04. The number of benzene rings is 1. The van der Waals surface area contributed by atoms with Crippen molar-refractivity contribution < 1.29 is 9.47 Å². The van der Waals surface area contributed by atoms with Crippen LogP contribution in [-0.4, -0.2) is 25.9 Å².